The lowest BCUT2D eigenvalue weighted by Gasteiger charge is -2.36. The highest BCUT2D eigenvalue weighted by Gasteiger charge is 2.29. The van der Waals surface area contributed by atoms with Crippen LogP contribution < -0.4 is 0 Å². The second kappa shape index (κ2) is 5.59. The Morgan fingerprint density at radius 1 is 1.37 bits per heavy atom. The standard InChI is InChI=1S/C15H20FNO2/c1-10-5-3-4-6-13(10)17(2)15(19)12-8-7-11(16)9-14(12)18/h7-10,13,18H,3-6H2,1-2H3. The van der Waals surface area contributed by atoms with Crippen molar-refractivity contribution in [2.75, 3.05) is 7.05 Å². The summed E-state index contributed by atoms with van der Waals surface area (Å²) in [6, 6.07) is 3.72. The Morgan fingerprint density at radius 2 is 2.05 bits per heavy atom. The number of aromatic hydroxyl groups is 1. The molecule has 19 heavy (non-hydrogen) atoms. The van der Waals surface area contributed by atoms with Crippen LogP contribution in [0.2, 0.25) is 0 Å². The Bertz CT molecular complexity index is 475. The zero-order valence-corrected chi connectivity index (χ0v) is 11.4. The predicted molar refractivity (Wildman–Crippen MR) is 71.6 cm³/mol. The van der Waals surface area contributed by atoms with Gasteiger partial charge in [0.2, 0.25) is 0 Å². The number of hydrogen-bond acceptors (Lipinski definition) is 2. The summed E-state index contributed by atoms with van der Waals surface area (Å²) < 4.78 is 12.9. The summed E-state index contributed by atoms with van der Waals surface area (Å²) in [6.07, 6.45) is 4.45. The first-order valence-electron chi connectivity index (χ1n) is 6.76. The zero-order chi connectivity index (χ0) is 14.0. The van der Waals surface area contributed by atoms with E-state index in [9.17, 15) is 14.3 Å². The van der Waals surface area contributed by atoms with Crippen molar-refractivity contribution in [1.29, 1.82) is 0 Å². The van der Waals surface area contributed by atoms with Gasteiger partial charge < -0.3 is 10.0 Å². The minimum atomic E-state index is -0.539. The molecule has 4 heteroatoms. The van der Waals surface area contributed by atoms with Crippen LogP contribution in [-0.4, -0.2) is 29.0 Å². The minimum Gasteiger partial charge on any atom is -0.507 e. The van der Waals surface area contributed by atoms with Crippen molar-refractivity contribution in [3.8, 4) is 5.75 Å². The minimum absolute atomic E-state index is 0.168. The summed E-state index contributed by atoms with van der Waals surface area (Å²) in [6.45, 7) is 2.15. The Labute approximate surface area is 113 Å². The number of hydrogen-bond donors (Lipinski definition) is 1. The average molecular weight is 265 g/mol. The number of phenolic OH excluding ortho intramolecular Hbond substituents is 1. The summed E-state index contributed by atoms with van der Waals surface area (Å²) in [5.41, 5.74) is 0.168. The quantitative estimate of drug-likeness (QED) is 0.892. The van der Waals surface area contributed by atoms with Gasteiger partial charge in [0.15, 0.2) is 0 Å². The van der Waals surface area contributed by atoms with Gasteiger partial charge in [-0.2, -0.15) is 0 Å². The van der Waals surface area contributed by atoms with E-state index in [-0.39, 0.29) is 23.3 Å². The average Bonchev–Trinajstić information content (AvgIpc) is 2.38. The maximum Gasteiger partial charge on any atom is 0.257 e. The van der Waals surface area contributed by atoms with Gasteiger partial charge in [0.1, 0.15) is 11.6 Å². The van der Waals surface area contributed by atoms with Crippen molar-refractivity contribution in [2.24, 2.45) is 5.92 Å². The number of benzene rings is 1. The normalized spacial score (nSPS) is 23.1. The molecule has 3 nitrogen and oxygen atoms in total. The summed E-state index contributed by atoms with van der Waals surface area (Å²) in [5, 5.41) is 9.69. The maximum absolute atomic E-state index is 12.9. The largest absolute Gasteiger partial charge is 0.507 e. The van der Waals surface area contributed by atoms with Gasteiger partial charge >= 0.3 is 0 Å². The Kier molecular flexibility index (Phi) is 4.08. The van der Waals surface area contributed by atoms with Gasteiger partial charge in [-0.25, -0.2) is 4.39 Å². The van der Waals surface area contributed by atoms with Crippen molar-refractivity contribution in [1.82, 2.24) is 4.90 Å². The van der Waals surface area contributed by atoms with Gasteiger partial charge in [-0.1, -0.05) is 19.8 Å². The Balaban J connectivity index is 2.18. The second-order valence-corrected chi connectivity index (χ2v) is 5.41. The SMILES string of the molecule is CC1CCCCC1N(C)C(=O)c1ccc(F)cc1O. The van der Waals surface area contributed by atoms with Crippen LogP contribution in [0.25, 0.3) is 0 Å². The molecule has 1 aliphatic carbocycles. The van der Waals surface area contributed by atoms with E-state index in [2.05, 4.69) is 6.92 Å². The third kappa shape index (κ3) is 2.88. The molecule has 0 heterocycles. The molecule has 1 saturated carbocycles. The number of nitrogens with zero attached hydrogens (tertiary/aromatic N) is 1. The highest BCUT2D eigenvalue weighted by Crippen LogP contribution is 2.29. The van der Waals surface area contributed by atoms with Crippen molar-refractivity contribution in [3.05, 3.63) is 29.6 Å². The third-order valence-corrected chi connectivity index (χ3v) is 4.07. The van der Waals surface area contributed by atoms with E-state index in [1.165, 1.54) is 18.6 Å². The van der Waals surface area contributed by atoms with Crippen molar-refractivity contribution < 1.29 is 14.3 Å². The van der Waals surface area contributed by atoms with Crippen molar-refractivity contribution in [3.63, 3.8) is 0 Å². The molecule has 1 aromatic carbocycles. The molecule has 2 rings (SSSR count). The molecule has 0 radical (unpaired) electrons. The molecule has 1 N–H and O–H groups in total. The summed E-state index contributed by atoms with van der Waals surface area (Å²) >= 11 is 0. The zero-order valence-electron chi connectivity index (χ0n) is 11.4. The maximum atomic E-state index is 12.9. The van der Waals surface area contributed by atoms with Crippen molar-refractivity contribution in [2.45, 2.75) is 38.6 Å². The topological polar surface area (TPSA) is 40.5 Å². The molecular weight excluding hydrogens is 245 g/mol. The number of phenols is 1. The molecule has 2 atom stereocenters. The van der Waals surface area contributed by atoms with E-state index in [1.54, 1.807) is 11.9 Å². The number of rotatable bonds is 2. The third-order valence-electron chi connectivity index (χ3n) is 4.07. The van der Waals surface area contributed by atoms with E-state index in [0.717, 1.165) is 25.3 Å². The highest BCUT2D eigenvalue weighted by molar-refractivity contribution is 5.96. The number of carbonyl (C=O) groups excluding carboxylic acids is 1. The summed E-state index contributed by atoms with van der Waals surface area (Å²) in [5.74, 6) is -0.607. The molecule has 1 aromatic rings. The van der Waals surface area contributed by atoms with Crippen LogP contribution in [0.1, 0.15) is 43.0 Å². The van der Waals surface area contributed by atoms with E-state index < -0.39 is 5.82 Å². The van der Waals surface area contributed by atoms with Crippen LogP contribution in [0.4, 0.5) is 4.39 Å². The molecule has 0 saturated heterocycles. The second-order valence-electron chi connectivity index (χ2n) is 5.41. The van der Waals surface area contributed by atoms with E-state index in [0.29, 0.717) is 5.92 Å². The van der Waals surface area contributed by atoms with Gasteiger partial charge in [0, 0.05) is 19.2 Å². The lowest BCUT2D eigenvalue weighted by Crippen LogP contribution is -2.42. The van der Waals surface area contributed by atoms with Gasteiger partial charge in [-0.05, 0) is 30.9 Å². The predicted octanol–water partition coefficient (Wildman–Crippen LogP) is 3.18. The van der Waals surface area contributed by atoms with Crippen LogP contribution in [-0.2, 0) is 0 Å². The smallest absolute Gasteiger partial charge is 0.257 e. The lowest BCUT2D eigenvalue weighted by molar-refractivity contribution is 0.0626. The van der Waals surface area contributed by atoms with Crippen LogP contribution in [0.15, 0.2) is 18.2 Å². The molecular formula is C15H20FNO2. The van der Waals surface area contributed by atoms with Crippen molar-refractivity contribution >= 4 is 5.91 Å². The van der Waals surface area contributed by atoms with Gasteiger partial charge in [-0.3, -0.25) is 4.79 Å². The monoisotopic (exact) mass is 265 g/mol. The number of halogens is 1. The molecule has 0 bridgehead atoms. The van der Waals surface area contributed by atoms with Gasteiger partial charge in [-0.15, -0.1) is 0 Å². The fourth-order valence-electron chi connectivity index (χ4n) is 2.90. The molecule has 2 unspecified atom stereocenters. The summed E-state index contributed by atoms with van der Waals surface area (Å²) in [4.78, 5) is 14.1. The van der Waals surface area contributed by atoms with Gasteiger partial charge in [0.05, 0.1) is 5.56 Å². The van der Waals surface area contributed by atoms with Crippen LogP contribution >= 0.6 is 0 Å². The Morgan fingerprint density at radius 3 is 2.68 bits per heavy atom. The number of amides is 1. The van der Waals surface area contributed by atoms with Crippen LogP contribution in [0.3, 0.4) is 0 Å². The molecule has 1 aliphatic rings. The fraction of sp³-hybridized carbons (Fsp3) is 0.533. The summed E-state index contributed by atoms with van der Waals surface area (Å²) in [7, 11) is 1.76. The van der Waals surface area contributed by atoms with E-state index in [4.69, 9.17) is 0 Å². The molecule has 0 aromatic heterocycles. The lowest BCUT2D eigenvalue weighted by atomic mass is 9.85. The molecule has 104 valence electrons. The first-order valence-corrected chi connectivity index (χ1v) is 6.76. The van der Waals surface area contributed by atoms with E-state index in [1.807, 2.05) is 0 Å². The fourth-order valence-corrected chi connectivity index (χ4v) is 2.90. The molecule has 0 spiro atoms. The van der Waals surface area contributed by atoms with Gasteiger partial charge in [0.25, 0.3) is 5.91 Å². The van der Waals surface area contributed by atoms with E-state index >= 15 is 0 Å². The number of carbonyl (C=O) groups is 1. The molecule has 0 aliphatic heterocycles. The highest BCUT2D eigenvalue weighted by atomic mass is 19.1. The molecule has 1 fully saturated rings. The molecule has 1 amide bonds. The van der Waals surface area contributed by atoms with Crippen LogP contribution in [0.5, 0.6) is 5.75 Å². The van der Waals surface area contributed by atoms with Crippen LogP contribution in [0, 0.1) is 11.7 Å². The Hall–Kier alpha value is -1.58. The first-order chi connectivity index (χ1) is 9.00. The first kappa shape index (κ1) is 13.8.